The fraction of sp³-hybridized carbons (Fsp3) is 1.00. The average molecular weight is 218 g/mol. The molecule has 0 spiro atoms. The molecule has 0 aromatic carbocycles. The number of alkyl halides is 1. The van der Waals surface area contributed by atoms with Crippen LogP contribution in [0.2, 0.25) is 12.6 Å². The van der Waals surface area contributed by atoms with Gasteiger partial charge in [-0.1, -0.05) is 35.6 Å². The predicted molar refractivity (Wildman–Crippen MR) is 55.9 cm³/mol. The maximum Gasteiger partial charge on any atom is 0.157 e. The van der Waals surface area contributed by atoms with Crippen LogP contribution in [0, 0.1) is 0 Å². The van der Waals surface area contributed by atoms with Crippen molar-refractivity contribution >= 4 is 22.6 Å². The lowest BCUT2D eigenvalue weighted by atomic mass is 9.42. The van der Waals surface area contributed by atoms with Crippen molar-refractivity contribution in [2.24, 2.45) is 0 Å². The quantitative estimate of drug-likeness (QED) is 0.565. The molecule has 64 valence electrons. The van der Waals surface area contributed by atoms with E-state index in [0.29, 0.717) is 0 Å². The molecule has 1 aliphatic rings. The summed E-state index contributed by atoms with van der Waals surface area (Å²) < 4.78 is 0. The lowest BCUT2D eigenvalue weighted by Gasteiger charge is -2.18. The van der Waals surface area contributed by atoms with Crippen LogP contribution >= 0.6 is 15.9 Å². The van der Waals surface area contributed by atoms with Crippen LogP contribution in [-0.2, 0) is 0 Å². The molecule has 1 rings (SSSR count). The first-order valence-corrected chi connectivity index (χ1v) is 5.46. The Bertz CT molecular complexity index is 121. The summed E-state index contributed by atoms with van der Waals surface area (Å²) in [6, 6.07) is 0. The molecular formula is C8H17BBrN. The van der Waals surface area contributed by atoms with Gasteiger partial charge in [0.05, 0.1) is 0 Å². The summed E-state index contributed by atoms with van der Waals surface area (Å²) in [4.78, 5) is 0.783. The Morgan fingerprint density at radius 2 is 2.27 bits per heavy atom. The highest BCUT2D eigenvalue weighted by Crippen LogP contribution is 2.37. The van der Waals surface area contributed by atoms with Gasteiger partial charge in [-0.25, -0.2) is 0 Å². The lowest BCUT2D eigenvalue weighted by Crippen LogP contribution is -2.31. The summed E-state index contributed by atoms with van der Waals surface area (Å²) in [5.74, 6) is 0.905. The van der Waals surface area contributed by atoms with Gasteiger partial charge in [0.15, 0.2) is 6.71 Å². The highest BCUT2D eigenvalue weighted by Gasteiger charge is 2.30. The van der Waals surface area contributed by atoms with Crippen molar-refractivity contribution in [3.8, 4) is 0 Å². The van der Waals surface area contributed by atoms with Crippen LogP contribution in [-0.4, -0.2) is 25.0 Å². The molecule has 1 fully saturated rings. The first-order valence-electron chi connectivity index (χ1n) is 4.54. The molecule has 1 N–H and O–H groups in total. The van der Waals surface area contributed by atoms with Gasteiger partial charge in [-0.05, 0) is 25.7 Å². The van der Waals surface area contributed by atoms with E-state index in [9.17, 15) is 0 Å². The van der Waals surface area contributed by atoms with Crippen molar-refractivity contribution in [1.29, 1.82) is 0 Å². The van der Waals surface area contributed by atoms with E-state index in [2.05, 4.69) is 28.1 Å². The fourth-order valence-electron chi connectivity index (χ4n) is 2.06. The van der Waals surface area contributed by atoms with Gasteiger partial charge >= 0.3 is 0 Å². The van der Waals surface area contributed by atoms with Crippen LogP contribution in [0.4, 0.5) is 0 Å². The van der Waals surface area contributed by atoms with E-state index in [4.69, 9.17) is 0 Å². The second-order valence-corrected chi connectivity index (χ2v) is 4.82. The maximum atomic E-state index is 3.75. The third-order valence-corrected chi connectivity index (χ3v) is 3.88. The van der Waals surface area contributed by atoms with E-state index >= 15 is 0 Å². The average Bonchev–Trinajstić information content (AvgIpc) is 2.36. The van der Waals surface area contributed by atoms with Crippen molar-refractivity contribution in [2.75, 3.05) is 13.5 Å². The molecule has 1 nitrogen and oxygen atoms in total. The van der Waals surface area contributed by atoms with Gasteiger partial charge in [0, 0.05) is 4.83 Å². The molecule has 0 amide bonds. The van der Waals surface area contributed by atoms with Crippen molar-refractivity contribution in [1.82, 2.24) is 5.32 Å². The zero-order chi connectivity index (χ0) is 8.27. The van der Waals surface area contributed by atoms with E-state index in [0.717, 1.165) is 23.8 Å². The minimum absolute atomic E-state index is 0.783. The molecule has 1 saturated carbocycles. The maximum absolute atomic E-state index is 3.75. The molecule has 0 aromatic heterocycles. The van der Waals surface area contributed by atoms with E-state index < -0.39 is 0 Å². The van der Waals surface area contributed by atoms with Gasteiger partial charge in [0.25, 0.3) is 0 Å². The van der Waals surface area contributed by atoms with E-state index in [-0.39, 0.29) is 0 Å². The molecule has 3 heteroatoms. The summed E-state index contributed by atoms with van der Waals surface area (Å²) in [6.07, 6.45) is 5.36. The van der Waals surface area contributed by atoms with Gasteiger partial charge < -0.3 is 5.32 Å². The van der Waals surface area contributed by atoms with Gasteiger partial charge in [-0.2, -0.15) is 0 Å². The highest BCUT2D eigenvalue weighted by molar-refractivity contribution is 9.09. The van der Waals surface area contributed by atoms with Crippen LogP contribution in [0.5, 0.6) is 0 Å². The summed E-state index contributed by atoms with van der Waals surface area (Å²) in [6.45, 7) is 3.17. The molecule has 1 aliphatic carbocycles. The molecule has 0 saturated heterocycles. The van der Waals surface area contributed by atoms with Gasteiger partial charge in [-0.3, -0.25) is 0 Å². The molecule has 0 radical (unpaired) electrons. The zero-order valence-corrected chi connectivity index (χ0v) is 9.02. The molecule has 0 aliphatic heterocycles. The molecule has 2 atom stereocenters. The van der Waals surface area contributed by atoms with Crippen molar-refractivity contribution < 1.29 is 0 Å². The summed E-state index contributed by atoms with van der Waals surface area (Å²) >= 11 is 3.75. The van der Waals surface area contributed by atoms with Crippen LogP contribution < -0.4 is 5.32 Å². The minimum atomic E-state index is 0.783. The summed E-state index contributed by atoms with van der Waals surface area (Å²) in [5.41, 5.74) is 0. The number of halogens is 1. The number of nitrogens with one attached hydrogen (secondary N) is 1. The van der Waals surface area contributed by atoms with Crippen LogP contribution in [0.15, 0.2) is 0 Å². The number of rotatable bonds is 3. The van der Waals surface area contributed by atoms with Crippen molar-refractivity contribution in [3.05, 3.63) is 0 Å². The largest absolute Gasteiger partial charge is 0.327 e. The first-order chi connectivity index (χ1) is 5.25. The molecule has 2 unspecified atom stereocenters. The van der Waals surface area contributed by atoms with Crippen molar-refractivity contribution in [2.45, 2.75) is 36.7 Å². The van der Waals surface area contributed by atoms with Crippen LogP contribution in [0.25, 0.3) is 0 Å². The normalized spacial score (nSPS) is 30.8. The van der Waals surface area contributed by atoms with E-state index in [1.165, 1.54) is 19.3 Å². The van der Waals surface area contributed by atoms with Gasteiger partial charge in [0.2, 0.25) is 0 Å². The summed E-state index contributed by atoms with van der Waals surface area (Å²) in [7, 11) is 2.04. The van der Waals surface area contributed by atoms with Gasteiger partial charge in [0.1, 0.15) is 0 Å². The third-order valence-electron chi connectivity index (χ3n) is 2.74. The second kappa shape index (κ2) is 4.51. The van der Waals surface area contributed by atoms with E-state index in [1.807, 2.05) is 7.05 Å². The Hall–Kier alpha value is 0.505. The molecule has 11 heavy (non-hydrogen) atoms. The topological polar surface area (TPSA) is 12.0 Å². The zero-order valence-electron chi connectivity index (χ0n) is 7.44. The van der Waals surface area contributed by atoms with Gasteiger partial charge in [-0.15, -0.1) is 0 Å². The smallest absolute Gasteiger partial charge is 0.157 e. The summed E-state index contributed by atoms with van der Waals surface area (Å²) in [5, 5.41) is 3.24. The number of hydrogen-bond donors (Lipinski definition) is 1. The molecular weight excluding hydrogens is 201 g/mol. The standard InChI is InChI=1S/C8H17BBrN/c1-9(6-11-2)7-4-3-5-8(7)10/h7-8,11H,3-6H2,1-2H3. The molecule has 0 aromatic rings. The molecule has 0 bridgehead atoms. The Kier molecular flexibility index (Phi) is 3.93. The number of hydrogen-bond acceptors (Lipinski definition) is 1. The van der Waals surface area contributed by atoms with Crippen LogP contribution in [0.1, 0.15) is 19.3 Å². The Balaban J connectivity index is 2.33. The van der Waals surface area contributed by atoms with Crippen molar-refractivity contribution in [3.63, 3.8) is 0 Å². The predicted octanol–water partition coefficient (Wildman–Crippen LogP) is 2.19. The van der Waals surface area contributed by atoms with Crippen LogP contribution in [0.3, 0.4) is 0 Å². The van der Waals surface area contributed by atoms with E-state index in [1.54, 1.807) is 0 Å². The third kappa shape index (κ3) is 2.48. The fourth-order valence-corrected chi connectivity index (χ4v) is 3.17. The minimum Gasteiger partial charge on any atom is -0.327 e. The first kappa shape index (κ1) is 9.59. The Labute approximate surface area is 78.5 Å². The Morgan fingerprint density at radius 1 is 1.55 bits per heavy atom. The Morgan fingerprint density at radius 3 is 2.73 bits per heavy atom. The monoisotopic (exact) mass is 217 g/mol. The lowest BCUT2D eigenvalue weighted by molar-refractivity contribution is 0.841. The highest BCUT2D eigenvalue weighted by atomic mass is 79.9. The second-order valence-electron chi connectivity index (χ2n) is 3.65. The molecule has 0 heterocycles. The SMILES string of the molecule is CNCB(C)C1CCCC1Br.